The van der Waals surface area contributed by atoms with Crippen LogP contribution in [0.25, 0.3) is 0 Å². The third kappa shape index (κ3) is 2.62. The maximum Gasteiger partial charge on any atom is 0.340 e. The first-order valence-corrected chi connectivity index (χ1v) is 6.51. The van der Waals surface area contributed by atoms with Gasteiger partial charge in [0, 0.05) is 11.1 Å². The molecule has 0 radical (unpaired) electrons. The van der Waals surface area contributed by atoms with Crippen LogP contribution in [0.15, 0.2) is 6.20 Å². The number of anilines is 1. The smallest absolute Gasteiger partial charge is 0.340 e. The molecule has 2 heterocycles. The average Bonchev–Trinajstić information content (AvgIpc) is 2.82. The Morgan fingerprint density at radius 3 is 2.88 bits per heavy atom. The van der Waals surface area contributed by atoms with Gasteiger partial charge in [-0.2, -0.15) is 4.37 Å². The van der Waals surface area contributed by atoms with Crippen LogP contribution < -0.4 is 5.32 Å². The molecule has 2 aromatic heterocycles. The van der Waals surface area contributed by atoms with E-state index in [1.54, 1.807) is 24.5 Å². The summed E-state index contributed by atoms with van der Waals surface area (Å²) in [6.07, 6.45) is 1.80. The van der Waals surface area contributed by atoms with Crippen molar-refractivity contribution < 1.29 is 9.90 Å². The number of carbonyl (C=O) groups is 1. The number of hydrogen-bond acceptors (Lipinski definition) is 6. The number of nitrogens with one attached hydrogen (secondary N) is 1. The van der Waals surface area contributed by atoms with E-state index in [0.29, 0.717) is 17.2 Å². The number of aromatic carboxylic acids is 1. The van der Waals surface area contributed by atoms with Gasteiger partial charge in [0.1, 0.15) is 15.6 Å². The Kier molecular flexibility index (Phi) is 3.39. The van der Waals surface area contributed by atoms with Crippen molar-refractivity contribution in [1.82, 2.24) is 9.36 Å². The van der Waals surface area contributed by atoms with E-state index < -0.39 is 5.97 Å². The van der Waals surface area contributed by atoms with Gasteiger partial charge in [-0.15, -0.1) is 11.3 Å². The zero-order valence-electron chi connectivity index (χ0n) is 9.35. The third-order valence-corrected chi connectivity index (χ3v) is 3.95. The predicted octanol–water partition coefficient (Wildman–Crippen LogP) is 2.53. The van der Waals surface area contributed by atoms with Gasteiger partial charge in [0.05, 0.1) is 12.2 Å². The number of carboxylic acid groups (broad SMARTS) is 1. The van der Waals surface area contributed by atoms with Gasteiger partial charge < -0.3 is 10.4 Å². The van der Waals surface area contributed by atoms with Crippen LogP contribution in [-0.4, -0.2) is 20.4 Å². The quantitative estimate of drug-likeness (QED) is 0.892. The van der Waals surface area contributed by atoms with Crippen LogP contribution in [0.3, 0.4) is 0 Å². The highest BCUT2D eigenvalue weighted by Crippen LogP contribution is 2.25. The number of carboxylic acids is 1. The summed E-state index contributed by atoms with van der Waals surface area (Å²) in [6, 6.07) is 0. The minimum absolute atomic E-state index is 0.253. The van der Waals surface area contributed by atoms with Crippen LogP contribution in [0.2, 0.25) is 0 Å². The van der Waals surface area contributed by atoms with Crippen molar-refractivity contribution in [2.45, 2.75) is 20.4 Å². The summed E-state index contributed by atoms with van der Waals surface area (Å²) in [7, 11) is 0. The first-order valence-electron chi connectivity index (χ1n) is 4.92. The van der Waals surface area contributed by atoms with Crippen molar-refractivity contribution in [3.63, 3.8) is 0 Å². The van der Waals surface area contributed by atoms with E-state index in [4.69, 9.17) is 5.11 Å². The van der Waals surface area contributed by atoms with Crippen molar-refractivity contribution >= 4 is 33.8 Å². The number of thiazole rings is 1. The summed E-state index contributed by atoms with van der Waals surface area (Å²) in [5.41, 5.74) is 0.795. The summed E-state index contributed by atoms with van der Waals surface area (Å²) < 4.78 is 4.04. The highest BCUT2D eigenvalue weighted by Gasteiger charge is 2.17. The SMILES string of the molecule is Cc1cnc(CNc2snc(C)c2C(=O)O)s1. The number of rotatable bonds is 4. The molecule has 0 saturated heterocycles. The minimum Gasteiger partial charge on any atom is -0.478 e. The standard InChI is InChI=1S/C10H11N3O2S2/c1-5-3-11-7(16-5)4-12-9-8(10(14)15)6(2)13-17-9/h3,12H,4H2,1-2H3,(H,14,15). The maximum absolute atomic E-state index is 11.0. The lowest BCUT2D eigenvalue weighted by Gasteiger charge is -2.01. The van der Waals surface area contributed by atoms with Gasteiger partial charge in [0.25, 0.3) is 0 Å². The van der Waals surface area contributed by atoms with Crippen LogP contribution in [0.4, 0.5) is 5.00 Å². The van der Waals surface area contributed by atoms with Crippen LogP contribution in [0.1, 0.15) is 25.9 Å². The largest absolute Gasteiger partial charge is 0.478 e. The molecule has 5 nitrogen and oxygen atoms in total. The minimum atomic E-state index is -0.950. The molecule has 0 amide bonds. The highest BCUT2D eigenvalue weighted by atomic mass is 32.1. The molecule has 0 aliphatic carbocycles. The molecule has 0 aromatic carbocycles. The first-order chi connectivity index (χ1) is 8.08. The summed E-state index contributed by atoms with van der Waals surface area (Å²) in [5.74, 6) is -0.950. The molecular formula is C10H11N3O2S2. The molecule has 7 heteroatoms. The second-order valence-corrected chi connectivity index (χ2v) is 5.59. The number of aryl methyl sites for hydroxylation is 2. The van der Waals surface area contributed by atoms with E-state index in [1.165, 1.54) is 11.5 Å². The van der Waals surface area contributed by atoms with Crippen molar-refractivity contribution in [3.05, 3.63) is 27.3 Å². The lowest BCUT2D eigenvalue weighted by molar-refractivity contribution is 0.0697. The Hall–Kier alpha value is -1.47. The molecule has 0 atom stereocenters. The van der Waals surface area contributed by atoms with Crippen LogP contribution in [-0.2, 0) is 6.54 Å². The Morgan fingerprint density at radius 2 is 2.29 bits per heavy atom. The average molecular weight is 269 g/mol. The fourth-order valence-electron chi connectivity index (χ4n) is 1.38. The summed E-state index contributed by atoms with van der Waals surface area (Å²) in [4.78, 5) is 16.4. The summed E-state index contributed by atoms with van der Waals surface area (Å²) >= 11 is 2.76. The van der Waals surface area contributed by atoms with Crippen LogP contribution in [0, 0.1) is 13.8 Å². The van der Waals surface area contributed by atoms with E-state index in [1.807, 2.05) is 6.92 Å². The van der Waals surface area contributed by atoms with Crippen molar-refractivity contribution in [2.75, 3.05) is 5.32 Å². The fourth-order valence-corrected chi connectivity index (χ4v) is 2.89. The van der Waals surface area contributed by atoms with Crippen molar-refractivity contribution in [2.24, 2.45) is 0 Å². The van der Waals surface area contributed by atoms with Crippen molar-refractivity contribution in [3.8, 4) is 0 Å². The number of aromatic nitrogens is 2. The molecule has 0 spiro atoms. The normalized spacial score (nSPS) is 10.5. The molecule has 2 aromatic rings. The van der Waals surface area contributed by atoms with Crippen LogP contribution >= 0.6 is 22.9 Å². The predicted molar refractivity (Wildman–Crippen MR) is 68.0 cm³/mol. The first kappa shape index (κ1) is 12.0. The monoisotopic (exact) mass is 269 g/mol. The summed E-state index contributed by atoms with van der Waals surface area (Å²) in [5, 5.41) is 13.6. The van der Waals surface area contributed by atoms with Gasteiger partial charge >= 0.3 is 5.97 Å². The zero-order valence-corrected chi connectivity index (χ0v) is 11.0. The molecular weight excluding hydrogens is 258 g/mol. The molecule has 2 rings (SSSR count). The van der Waals surface area contributed by atoms with E-state index in [2.05, 4.69) is 14.7 Å². The third-order valence-electron chi connectivity index (χ3n) is 2.15. The molecule has 90 valence electrons. The van der Waals surface area contributed by atoms with Gasteiger partial charge in [0.2, 0.25) is 0 Å². The number of hydrogen-bond donors (Lipinski definition) is 2. The molecule has 0 fully saturated rings. The molecule has 2 N–H and O–H groups in total. The molecule has 0 bridgehead atoms. The maximum atomic E-state index is 11.0. The van der Waals surface area contributed by atoms with Gasteiger partial charge in [-0.3, -0.25) is 0 Å². The zero-order chi connectivity index (χ0) is 12.4. The molecule has 0 aliphatic rings. The Bertz CT molecular complexity index is 547. The fraction of sp³-hybridized carbons (Fsp3) is 0.300. The van der Waals surface area contributed by atoms with Gasteiger partial charge in [-0.25, -0.2) is 9.78 Å². The van der Waals surface area contributed by atoms with Crippen molar-refractivity contribution in [1.29, 1.82) is 0 Å². The topological polar surface area (TPSA) is 75.1 Å². The van der Waals surface area contributed by atoms with E-state index in [0.717, 1.165) is 9.88 Å². The van der Waals surface area contributed by atoms with Gasteiger partial charge in [-0.05, 0) is 25.4 Å². The Labute approximate surface area is 106 Å². The molecule has 0 saturated carbocycles. The second kappa shape index (κ2) is 4.80. The summed E-state index contributed by atoms with van der Waals surface area (Å²) in [6.45, 7) is 4.21. The van der Waals surface area contributed by atoms with Crippen LogP contribution in [0.5, 0.6) is 0 Å². The molecule has 0 unspecified atom stereocenters. The second-order valence-electron chi connectivity index (χ2n) is 3.50. The lowest BCUT2D eigenvalue weighted by Crippen LogP contribution is -2.04. The Morgan fingerprint density at radius 1 is 1.53 bits per heavy atom. The van der Waals surface area contributed by atoms with Gasteiger partial charge in [0.15, 0.2) is 0 Å². The van der Waals surface area contributed by atoms with E-state index in [-0.39, 0.29) is 5.56 Å². The highest BCUT2D eigenvalue weighted by molar-refractivity contribution is 7.11. The molecule has 17 heavy (non-hydrogen) atoms. The van der Waals surface area contributed by atoms with E-state index >= 15 is 0 Å². The number of nitrogens with zero attached hydrogens (tertiary/aromatic N) is 2. The van der Waals surface area contributed by atoms with E-state index in [9.17, 15) is 4.79 Å². The lowest BCUT2D eigenvalue weighted by atomic mass is 10.2. The Balaban J connectivity index is 2.11. The molecule has 0 aliphatic heterocycles. The van der Waals surface area contributed by atoms with Gasteiger partial charge in [-0.1, -0.05) is 0 Å².